The largest absolute Gasteiger partial charge is 0.298 e. The lowest BCUT2D eigenvalue weighted by Crippen LogP contribution is -2.00. The number of aldehydes is 1. The summed E-state index contributed by atoms with van der Waals surface area (Å²) in [5, 5.41) is 7.88. The van der Waals surface area contributed by atoms with E-state index in [1.165, 1.54) is 16.8 Å². The van der Waals surface area contributed by atoms with Crippen LogP contribution in [0.3, 0.4) is 0 Å². The van der Waals surface area contributed by atoms with Crippen LogP contribution >= 0.6 is 0 Å². The predicted octanol–water partition coefficient (Wildman–Crippen LogP) is 2.37. The Hall–Kier alpha value is -2.56. The highest BCUT2D eigenvalue weighted by Crippen LogP contribution is 2.19. The van der Waals surface area contributed by atoms with E-state index in [1.54, 1.807) is 12.1 Å². The molecule has 1 aromatic heterocycles. The Morgan fingerprint density at radius 2 is 2.00 bits per heavy atom. The Morgan fingerprint density at radius 3 is 2.78 bits per heavy atom. The van der Waals surface area contributed by atoms with Gasteiger partial charge in [0.1, 0.15) is 23.3 Å². The van der Waals surface area contributed by atoms with E-state index in [9.17, 15) is 9.18 Å². The number of benzene rings is 2. The van der Waals surface area contributed by atoms with Crippen LogP contribution < -0.4 is 0 Å². The number of halogens is 1. The SMILES string of the molecule is O=Cc1ccc(-n2nnc3ccccc32)c(F)c1. The van der Waals surface area contributed by atoms with Gasteiger partial charge in [0.15, 0.2) is 0 Å². The first-order valence-corrected chi connectivity index (χ1v) is 5.35. The molecule has 0 aliphatic carbocycles. The van der Waals surface area contributed by atoms with Crippen molar-refractivity contribution in [3.63, 3.8) is 0 Å². The standard InChI is InChI=1S/C13H8FN3O/c14-10-7-9(8-18)5-6-12(10)17-13-4-2-1-3-11(13)15-16-17/h1-8H. The molecule has 3 rings (SSSR count). The monoisotopic (exact) mass is 241 g/mol. The summed E-state index contributed by atoms with van der Waals surface area (Å²) in [7, 11) is 0. The van der Waals surface area contributed by atoms with Gasteiger partial charge in [-0.25, -0.2) is 9.07 Å². The molecule has 1 heterocycles. The van der Waals surface area contributed by atoms with E-state index >= 15 is 0 Å². The maximum absolute atomic E-state index is 13.9. The van der Waals surface area contributed by atoms with Gasteiger partial charge in [-0.2, -0.15) is 0 Å². The summed E-state index contributed by atoms with van der Waals surface area (Å²) in [5.41, 5.74) is 1.97. The number of hydrogen-bond acceptors (Lipinski definition) is 3. The van der Waals surface area contributed by atoms with Crippen LogP contribution in [-0.2, 0) is 0 Å². The van der Waals surface area contributed by atoms with Crippen molar-refractivity contribution < 1.29 is 9.18 Å². The fourth-order valence-corrected chi connectivity index (χ4v) is 1.82. The third-order valence-electron chi connectivity index (χ3n) is 2.69. The van der Waals surface area contributed by atoms with Gasteiger partial charge in [-0.15, -0.1) is 5.10 Å². The van der Waals surface area contributed by atoms with Gasteiger partial charge in [0.25, 0.3) is 0 Å². The molecule has 0 bridgehead atoms. The first kappa shape index (κ1) is 10.6. The molecule has 4 nitrogen and oxygen atoms in total. The van der Waals surface area contributed by atoms with E-state index < -0.39 is 5.82 Å². The summed E-state index contributed by atoms with van der Waals surface area (Å²) in [6.45, 7) is 0. The summed E-state index contributed by atoms with van der Waals surface area (Å²) in [6.07, 6.45) is 0.603. The van der Waals surface area contributed by atoms with Gasteiger partial charge >= 0.3 is 0 Å². The lowest BCUT2D eigenvalue weighted by atomic mass is 10.2. The normalized spacial score (nSPS) is 10.7. The highest BCUT2D eigenvalue weighted by atomic mass is 19.1. The van der Waals surface area contributed by atoms with Crippen molar-refractivity contribution >= 4 is 17.3 Å². The summed E-state index contributed by atoms with van der Waals surface area (Å²) in [4.78, 5) is 10.6. The van der Waals surface area contributed by atoms with Crippen molar-refractivity contribution in [1.29, 1.82) is 0 Å². The van der Waals surface area contributed by atoms with Crippen molar-refractivity contribution in [2.24, 2.45) is 0 Å². The quantitative estimate of drug-likeness (QED) is 0.647. The zero-order valence-corrected chi connectivity index (χ0v) is 9.25. The summed E-state index contributed by atoms with van der Waals surface area (Å²) >= 11 is 0. The van der Waals surface area contributed by atoms with Crippen LogP contribution in [0, 0.1) is 5.82 Å². The molecule has 0 aliphatic rings. The van der Waals surface area contributed by atoms with E-state index in [1.807, 2.05) is 18.2 Å². The molecule has 0 fully saturated rings. The Morgan fingerprint density at radius 1 is 1.17 bits per heavy atom. The second-order valence-corrected chi connectivity index (χ2v) is 3.82. The first-order valence-electron chi connectivity index (χ1n) is 5.35. The van der Waals surface area contributed by atoms with Gasteiger partial charge in [-0.05, 0) is 30.3 Å². The molecule has 0 N–H and O–H groups in total. The van der Waals surface area contributed by atoms with E-state index in [-0.39, 0.29) is 5.69 Å². The van der Waals surface area contributed by atoms with Crippen molar-refractivity contribution in [3.8, 4) is 5.69 Å². The number of carbonyl (C=O) groups is 1. The third kappa shape index (κ3) is 1.57. The van der Waals surface area contributed by atoms with Crippen molar-refractivity contribution in [2.45, 2.75) is 0 Å². The van der Waals surface area contributed by atoms with Crippen LogP contribution in [0.5, 0.6) is 0 Å². The molecule has 0 amide bonds. The van der Waals surface area contributed by atoms with Crippen LogP contribution in [-0.4, -0.2) is 21.3 Å². The fourth-order valence-electron chi connectivity index (χ4n) is 1.82. The molecule has 0 radical (unpaired) electrons. The number of aromatic nitrogens is 3. The van der Waals surface area contributed by atoms with Crippen LogP contribution in [0.1, 0.15) is 10.4 Å². The van der Waals surface area contributed by atoms with Gasteiger partial charge in [0, 0.05) is 5.56 Å². The van der Waals surface area contributed by atoms with E-state index in [0.29, 0.717) is 17.4 Å². The number of fused-ring (bicyclic) bond motifs is 1. The van der Waals surface area contributed by atoms with Crippen LogP contribution in [0.2, 0.25) is 0 Å². The molecule has 0 atom stereocenters. The van der Waals surface area contributed by atoms with Crippen molar-refractivity contribution in [3.05, 3.63) is 53.8 Å². The van der Waals surface area contributed by atoms with E-state index in [4.69, 9.17) is 0 Å². The van der Waals surface area contributed by atoms with Gasteiger partial charge in [0.05, 0.1) is 5.52 Å². The number of rotatable bonds is 2. The van der Waals surface area contributed by atoms with Gasteiger partial charge in [-0.1, -0.05) is 17.3 Å². The van der Waals surface area contributed by atoms with Crippen LogP contribution in [0.4, 0.5) is 4.39 Å². The van der Waals surface area contributed by atoms with Crippen LogP contribution in [0.25, 0.3) is 16.7 Å². The molecule has 0 saturated heterocycles. The summed E-state index contributed by atoms with van der Waals surface area (Å²) < 4.78 is 15.3. The van der Waals surface area contributed by atoms with Crippen LogP contribution in [0.15, 0.2) is 42.5 Å². The molecule has 88 valence electrons. The lowest BCUT2D eigenvalue weighted by Gasteiger charge is -2.04. The molecule has 0 spiro atoms. The number of hydrogen-bond donors (Lipinski definition) is 0. The van der Waals surface area contributed by atoms with E-state index in [2.05, 4.69) is 10.3 Å². The Labute approximate surface area is 102 Å². The Bertz CT molecular complexity index is 736. The Kier molecular flexibility index (Phi) is 2.37. The maximum atomic E-state index is 13.9. The van der Waals surface area contributed by atoms with Crippen molar-refractivity contribution in [2.75, 3.05) is 0 Å². The highest BCUT2D eigenvalue weighted by molar-refractivity contribution is 5.77. The average Bonchev–Trinajstić information content (AvgIpc) is 2.82. The zero-order chi connectivity index (χ0) is 12.5. The van der Waals surface area contributed by atoms with Gasteiger partial charge in [0.2, 0.25) is 0 Å². The van der Waals surface area contributed by atoms with E-state index in [0.717, 1.165) is 5.52 Å². The third-order valence-corrected chi connectivity index (χ3v) is 2.69. The maximum Gasteiger partial charge on any atom is 0.150 e. The molecule has 5 heteroatoms. The molecule has 3 aromatic rings. The molecule has 2 aromatic carbocycles. The topological polar surface area (TPSA) is 47.8 Å². The molecule has 0 saturated carbocycles. The summed E-state index contributed by atoms with van der Waals surface area (Å²) in [5.74, 6) is -0.504. The van der Waals surface area contributed by atoms with Crippen molar-refractivity contribution in [1.82, 2.24) is 15.0 Å². The molecular weight excluding hydrogens is 233 g/mol. The Balaban J connectivity index is 2.23. The minimum Gasteiger partial charge on any atom is -0.298 e. The number of para-hydroxylation sites is 1. The van der Waals surface area contributed by atoms with Gasteiger partial charge < -0.3 is 0 Å². The smallest absolute Gasteiger partial charge is 0.150 e. The number of carbonyl (C=O) groups excluding carboxylic acids is 1. The molecule has 18 heavy (non-hydrogen) atoms. The minimum atomic E-state index is -0.504. The lowest BCUT2D eigenvalue weighted by molar-refractivity contribution is 0.112. The molecule has 0 unspecified atom stereocenters. The highest BCUT2D eigenvalue weighted by Gasteiger charge is 2.10. The first-order chi connectivity index (χ1) is 8.79. The minimum absolute atomic E-state index is 0.273. The fraction of sp³-hybridized carbons (Fsp3) is 0. The predicted molar refractivity (Wildman–Crippen MR) is 64.2 cm³/mol. The summed E-state index contributed by atoms with van der Waals surface area (Å²) in [6, 6.07) is 11.5. The second-order valence-electron chi connectivity index (χ2n) is 3.82. The second kappa shape index (κ2) is 4.03. The number of nitrogens with zero attached hydrogens (tertiary/aromatic N) is 3. The molecular formula is C13H8FN3O. The molecule has 0 aliphatic heterocycles. The zero-order valence-electron chi connectivity index (χ0n) is 9.25. The average molecular weight is 241 g/mol. The van der Waals surface area contributed by atoms with Gasteiger partial charge in [-0.3, -0.25) is 4.79 Å².